The lowest BCUT2D eigenvalue weighted by atomic mass is 10.0. The third-order valence-corrected chi connectivity index (χ3v) is 6.92. The van der Waals surface area contributed by atoms with Gasteiger partial charge in [-0.25, -0.2) is 0 Å². The number of anilines is 1. The predicted molar refractivity (Wildman–Crippen MR) is 120 cm³/mol. The molecule has 0 aliphatic carbocycles. The van der Waals surface area contributed by atoms with E-state index in [9.17, 15) is 9.59 Å². The Bertz CT molecular complexity index is 1050. The number of amides is 2. The SMILES string of the molecule is C[C@H](C(=O)Nc1sccc1C(N)=O)[NH+]1CC[NH+](Cc2cccc3ccccc23)CC1. The fraction of sp³-hybridized carbons (Fsp3) is 0.304. The van der Waals surface area contributed by atoms with Gasteiger partial charge < -0.3 is 20.9 Å². The quantitative estimate of drug-likeness (QED) is 0.460. The zero-order chi connectivity index (χ0) is 21.1. The molecule has 2 aromatic carbocycles. The van der Waals surface area contributed by atoms with Crippen molar-refractivity contribution in [3.63, 3.8) is 0 Å². The molecule has 4 rings (SSSR count). The molecule has 1 atom stereocenters. The van der Waals surface area contributed by atoms with Gasteiger partial charge in [-0.2, -0.15) is 0 Å². The second-order valence-electron chi connectivity index (χ2n) is 7.96. The summed E-state index contributed by atoms with van der Waals surface area (Å²) < 4.78 is 0. The summed E-state index contributed by atoms with van der Waals surface area (Å²) in [5.74, 6) is -0.579. The number of hydrogen-bond acceptors (Lipinski definition) is 3. The Morgan fingerprint density at radius 1 is 1.07 bits per heavy atom. The fourth-order valence-electron chi connectivity index (χ4n) is 4.26. The van der Waals surface area contributed by atoms with Crippen LogP contribution in [0.3, 0.4) is 0 Å². The summed E-state index contributed by atoms with van der Waals surface area (Å²) in [5.41, 5.74) is 7.13. The van der Waals surface area contributed by atoms with Crippen molar-refractivity contribution in [1.29, 1.82) is 0 Å². The highest BCUT2D eigenvalue weighted by Gasteiger charge is 2.31. The van der Waals surface area contributed by atoms with Crippen molar-refractivity contribution < 1.29 is 19.4 Å². The van der Waals surface area contributed by atoms with Gasteiger partial charge in [0.2, 0.25) is 0 Å². The van der Waals surface area contributed by atoms with Gasteiger partial charge in [-0.15, -0.1) is 11.3 Å². The molecule has 1 fully saturated rings. The highest BCUT2D eigenvalue weighted by atomic mass is 32.1. The molecule has 2 amide bonds. The van der Waals surface area contributed by atoms with Crippen molar-refractivity contribution >= 4 is 38.9 Å². The standard InChI is InChI=1S/C23H26N4O2S/c1-16(22(29)25-23-20(21(24)28)9-14-30-23)27-12-10-26(11-13-27)15-18-7-4-6-17-5-2-3-8-19(17)18/h2-9,14,16H,10-13,15H2,1H3,(H2,24,28)(H,25,29)/p+2/t16-/m1/s1. The number of primary amides is 1. The van der Waals surface area contributed by atoms with E-state index in [2.05, 4.69) is 47.8 Å². The molecule has 1 aliphatic heterocycles. The predicted octanol–water partition coefficient (Wildman–Crippen LogP) is 0.311. The van der Waals surface area contributed by atoms with Crippen LogP contribution >= 0.6 is 11.3 Å². The van der Waals surface area contributed by atoms with Gasteiger partial charge in [-0.3, -0.25) is 9.59 Å². The van der Waals surface area contributed by atoms with Crippen molar-refractivity contribution in [3.8, 4) is 0 Å². The molecule has 3 aromatic rings. The van der Waals surface area contributed by atoms with Crippen LogP contribution < -0.4 is 20.9 Å². The molecule has 5 N–H and O–H groups in total. The molecule has 7 heteroatoms. The molecule has 0 radical (unpaired) electrons. The van der Waals surface area contributed by atoms with Gasteiger partial charge in [0.05, 0.1) is 5.56 Å². The van der Waals surface area contributed by atoms with Crippen LogP contribution in [-0.2, 0) is 11.3 Å². The van der Waals surface area contributed by atoms with Crippen LogP contribution in [-0.4, -0.2) is 44.0 Å². The van der Waals surface area contributed by atoms with E-state index < -0.39 is 5.91 Å². The summed E-state index contributed by atoms with van der Waals surface area (Å²) in [6.45, 7) is 6.91. The van der Waals surface area contributed by atoms with E-state index in [1.54, 1.807) is 16.3 Å². The van der Waals surface area contributed by atoms with Crippen LogP contribution in [0.15, 0.2) is 53.9 Å². The number of piperazine rings is 1. The monoisotopic (exact) mass is 424 g/mol. The highest BCUT2D eigenvalue weighted by Crippen LogP contribution is 2.22. The van der Waals surface area contributed by atoms with Gasteiger partial charge in [0, 0.05) is 5.56 Å². The number of hydrogen-bond donors (Lipinski definition) is 4. The van der Waals surface area contributed by atoms with Crippen molar-refractivity contribution in [2.24, 2.45) is 5.73 Å². The molecule has 0 saturated carbocycles. The summed E-state index contributed by atoms with van der Waals surface area (Å²) in [5, 5.41) is 7.81. The molecule has 30 heavy (non-hydrogen) atoms. The zero-order valence-corrected chi connectivity index (χ0v) is 17.9. The molecule has 6 nitrogen and oxygen atoms in total. The van der Waals surface area contributed by atoms with Gasteiger partial charge in [0.15, 0.2) is 6.04 Å². The van der Waals surface area contributed by atoms with Crippen molar-refractivity contribution in [2.45, 2.75) is 19.5 Å². The number of benzene rings is 2. The van der Waals surface area contributed by atoms with Crippen LogP contribution in [0.4, 0.5) is 5.00 Å². The summed E-state index contributed by atoms with van der Waals surface area (Å²) in [7, 11) is 0. The Morgan fingerprint density at radius 2 is 1.80 bits per heavy atom. The zero-order valence-electron chi connectivity index (χ0n) is 17.1. The lowest BCUT2D eigenvalue weighted by Crippen LogP contribution is -3.29. The fourth-order valence-corrected chi connectivity index (χ4v) is 5.05. The highest BCUT2D eigenvalue weighted by molar-refractivity contribution is 7.14. The van der Waals surface area contributed by atoms with E-state index >= 15 is 0 Å². The van der Waals surface area contributed by atoms with Crippen LogP contribution in [0.1, 0.15) is 22.8 Å². The smallest absolute Gasteiger partial charge is 0.282 e. The Balaban J connectivity index is 1.34. The minimum absolute atomic E-state index is 0.0625. The van der Waals surface area contributed by atoms with Crippen molar-refractivity contribution in [3.05, 3.63) is 65.0 Å². The van der Waals surface area contributed by atoms with Gasteiger partial charge in [0.1, 0.15) is 37.7 Å². The number of nitrogens with one attached hydrogen (secondary N) is 3. The van der Waals surface area contributed by atoms with Crippen molar-refractivity contribution in [2.75, 3.05) is 31.5 Å². The van der Waals surface area contributed by atoms with E-state index in [1.165, 1.54) is 32.6 Å². The lowest BCUT2D eigenvalue weighted by Gasteiger charge is -2.32. The maximum Gasteiger partial charge on any atom is 0.282 e. The summed E-state index contributed by atoms with van der Waals surface area (Å²) in [4.78, 5) is 27.0. The molecule has 1 aliphatic rings. The lowest BCUT2D eigenvalue weighted by molar-refractivity contribution is -1.02. The van der Waals surface area contributed by atoms with Gasteiger partial charge in [-0.1, -0.05) is 42.5 Å². The first-order chi connectivity index (χ1) is 14.5. The molecule has 2 heterocycles. The molecular weight excluding hydrogens is 396 g/mol. The van der Waals surface area contributed by atoms with Gasteiger partial charge in [0.25, 0.3) is 11.8 Å². The van der Waals surface area contributed by atoms with Crippen molar-refractivity contribution in [1.82, 2.24) is 0 Å². The van der Waals surface area contributed by atoms with Gasteiger partial charge in [-0.05, 0) is 29.1 Å². The van der Waals surface area contributed by atoms with Crippen LogP contribution in [0, 0.1) is 0 Å². The molecule has 156 valence electrons. The summed E-state index contributed by atoms with van der Waals surface area (Å²) >= 11 is 1.33. The van der Waals surface area contributed by atoms with Crippen LogP contribution in [0.25, 0.3) is 10.8 Å². The number of carbonyl (C=O) groups is 2. The second kappa shape index (κ2) is 8.95. The van der Waals surface area contributed by atoms with E-state index in [-0.39, 0.29) is 11.9 Å². The first-order valence-electron chi connectivity index (χ1n) is 10.4. The number of thiophene rings is 1. The number of fused-ring (bicyclic) bond motifs is 1. The third-order valence-electron chi connectivity index (χ3n) is 6.09. The average molecular weight is 425 g/mol. The normalized spacial score (nSPS) is 20.0. The van der Waals surface area contributed by atoms with Crippen LogP contribution in [0.2, 0.25) is 0 Å². The molecular formula is C23H28N4O2S+2. The second-order valence-corrected chi connectivity index (χ2v) is 8.88. The topological polar surface area (TPSA) is 81.1 Å². The van der Waals surface area contributed by atoms with E-state index in [0.717, 1.165) is 32.7 Å². The molecule has 0 unspecified atom stereocenters. The number of quaternary nitrogens is 2. The largest absolute Gasteiger partial charge is 0.366 e. The molecule has 1 aromatic heterocycles. The maximum absolute atomic E-state index is 12.7. The summed E-state index contributed by atoms with van der Waals surface area (Å²) in [6.07, 6.45) is 0. The Hall–Kier alpha value is -2.74. The minimum atomic E-state index is -0.516. The molecule has 0 spiro atoms. The Kier molecular flexibility index (Phi) is 6.13. The average Bonchev–Trinajstić information content (AvgIpc) is 3.22. The first-order valence-corrected chi connectivity index (χ1v) is 11.2. The minimum Gasteiger partial charge on any atom is -0.366 e. The van der Waals surface area contributed by atoms with E-state index in [4.69, 9.17) is 5.73 Å². The Labute approximate surface area is 180 Å². The maximum atomic E-state index is 12.7. The molecule has 0 bridgehead atoms. The van der Waals surface area contributed by atoms with Crippen LogP contribution in [0.5, 0.6) is 0 Å². The van der Waals surface area contributed by atoms with E-state index in [1.807, 2.05) is 6.92 Å². The van der Waals surface area contributed by atoms with E-state index in [0.29, 0.717) is 10.6 Å². The first kappa shape index (κ1) is 20.5. The number of nitrogens with two attached hydrogens (primary N) is 1. The van der Waals surface area contributed by atoms with Gasteiger partial charge >= 0.3 is 0 Å². The third kappa shape index (κ3) is 4.38. The number of carbonyl (C=O) groups excluding carboxylic acids is 2. The number of rotatable bonds is 6. The Morgan fingerprint density at radius 3 is 2.57 bits per heavy atom. The molecule has 1 saturated heterocycles. The summed E-state index contributed by atoms with van der Waals surface area (Å²) in [6, 6.07) is 16.5.